The van der Waals surface area contributed by atoms with Crippen LogP contribution in [0.15, 0.2) is 42.5 Å². The summed E-state index contributed by atoms with van der Waals surface area (Å²) >= 11 is 0. The molecule has 1 unspecified atom stereocenters. The summed E-state index contributed by atoms with van der Waals surface area (Å²) in [5.74, 6) is 1.49. The summed E-state index contributed by atoms with van der Waals surface area (Å²) in [6, 6.07) is 13.3. The zero-order valence-corrected chi connectivity index (χ0v) is 13.6. The molecule has 2 aliphatic rings. The van der Waals surface area contributed by atoms with Crippen LogP contribution in [0.2, 0.25) is 0 Å². The summed E-state index contributed by atoms with van der Waals surface area (Å²) in [7, 11) is 0. The number of rotatable bonds is 3. The Labute approximate surface area is 141 Å². The van der Waals surface area contributed by atoms with E-state index in [2.05, 4.69) is 12.2 Å². The molecule has 2 aliphatic heterocycles. The number of nitrogens with one attached hydrogen (secondary N) is 1. The molecule has 0 radical (unpaired) electrons. The number of benzene rings is 2. The van der Waals surface area contributed by atoms with Crippen LogP contribution in [-0.4, -0.2) is 25.7 Å². The van der Waals surface area contributed by atoms with Crippen molar-refractivity contribution in [3.05, 3.63) is 48.0 Å². The molecular formula is C19H20N2O3. The number of amides is 1. The van der Waals surface area contributed by atoms with Gasteiger partial charge in [0.2, 0.25) is 0 Å². The number of hydrogen-bond donors (Lipinski definition) is 1. The van der Waals surface area contributed by atoms with E-state index in [-0.39, 0.29) is 11.9 Å². The topological polar surface area (TPSA) is 50.8 Å². The third-order valence-corrected chi connectivity index (χ3v) is 4.34. The largest absolute Gasteiger partial charge is 0.486 e. The minimum absolute atomic E-state index is 0.0622. The van der Waals surface area contributed by atoms with Crippen LogP contribution in [0, 0.1) is 0 Å². The molecule has 4 rings (SSSR count). The van der Waals surface area contributed by atoms with E-state index in [1.807, 2.05) is 47.4 Å². The molecule has 0 saturated carbocycles. The van der Waals surface area contributed by atoms with E-state index in [1.165, 1.54) is 0 Å². The summed E-state index contributed by atoms with van der Waals surface area (Å²) in [4.78, 5) is 14.9. The number of anilines is 2. The lowest BCUT2D eigenvalue weighted by Gasteiger charge is -2.36. The Bertz CT molecular complexity index is 761. The van der Waals surface area contributed by atoms with E-state index in [1.54, 1.807) is 0 Å². The molecule has 5 heteroatoms. The lowest BCUT2D eigenvalue weighted by molar-refractivity contribution is -0.119. The molecule has 2 aromatic carbocycles. The molecular weight excluding hydrogens is 304 g/mol. The predicted octanol–water partition coefficient (Wildman–Crippen LogP) is 3.37. The van der Waals surface area contributed by atoms with E-state index in [0.29, 0.717) is 25.5 Å². The van der Waals surface area contributed by atoms with Crippen LogP contribution in [0.1, 0.15) is 24.9 Å². The van der Waals surface area contributed by atoms with Gasteiger partial charge in [0, 0.05) is 18.7 Å². The molecule has 0 spiro atoms. The van der Waals surface area contributed by atoms with Gasteiger partial charge in [0.05, 0.1) is 11.4 Å². The summed E-state index contributed by atoms with van der Waals surface area (Å²) < 4.78 is 11.4. The van der Waals surface area contributed by atoms with Gasteiger partial charge in [0.25, 0.3) is 5.91 Å². The van der Waals surface area contributed by atoms with E-state index in [9.17, 15) is 4.79 Å². The quantitative estimate of drug-likeness (QED) is 0.940. The van der Waals surface area contributed by atoms with Crippen molar-refractivity contribution in [1.29, 1.82) is 0 Å². The van der Waals surface area contributed by atoms with Gasteiger partial charge in [-0.2, -0.15) is 0 Å². The van der Waals surface area contributed by atoms with Crippen LogP contribution in [0.3, 0.4) is 0 Å². The molecule has 0 aliphatic carbocycles. The van der Waals surface area contributed by atoms with Gasteiger partial charge in [-0.15, -0.1) is 0 Å². The Morgan fingerprint density at radius 1 is 1.12 bits per heavy atom. The highest BCUT2D eigenvalue weighted by Crippen LogP contribution is 2.44. The van der Waals surface area contributed by atoms with Gasteiger partial charge in [-0.05, 0) is 12.0 Å². The molecule has 2 heterocycles. The van der Waals surface area contributed by atoms with Crippen molar-refractivity contribution in [2.24, 2.45) is 0 Å². The molecule has 1 N–H and O–H groups in total. The van der Waals surface area contributed by atoms with Crippen molar-refractivity contribution in [3.8, 4) is 11.5 Å². The van der Waals surface area contributed by atoms with E-state index >= 15 is 0 Å². The van der Waals surface area contributed by atoms with Crippen molar-refractivity contribution in [3.63, 3.8) is 0 Å². The Kier molecular flexibility index (Phi) is 3.76. The molecule has 0 fully saturated rings. The second kappa shape index (κ2) is 6.07. The normalized spacial score (nSPS) is 18.8. The van der Waals surface area contributed by atoms with E-state index in [4.69, 9.17) is 9.47 Å². The van der Waals surface area contributed by atoms with Crippen LogP contribution >= 0.6 is 0 Å². The monoisotopic (exact) mass is 324 g/mol. The highest BCUT2D eigenvalue weighted by Gasteiger charge is 2.34. The molecule has 0 aromatic heterocycles. The third kappa shape index (κ3) is 2.46. The standard InChI is InChI=1S/C19H20N2O3/c1-2-8-21-15-12-17-16(23-9-10-24-17)11-14(15)20-18(19(21)22)13-6-4-3-5-7-13/h3-7,11-12,18,20H,2,8-10H2,1H3. The van der Waals surface area contributed by atoms with Gasteiger partial charge < -0.3 is 19.7 Å². The average molecular weight is 324 g/mol. The Balaban J connectivity index is 1.79. The van der Waals surface area contributed by atoms with Crippen LogP contribution < -0.4 is 19.7 Å². The highest BCUT2D eigenvalue weighted by molar-refractivity contribution is 6.06. The first kappa shape index (κ1) is 14.9. The highest BCUT2D eigenvalue weighted by atomic mass is 16.6. The van der Waals surface area contributed by atoms with Crippen molar-refractivity contribution in [1.82, 2.24) is 0 Å². The van der Waals surface area contributed by atoms with Gasteiger partial charge in [-0.1, -0.05) is 37.3 Å². The molecule has 2 aromatic rings. The third-order valence-electron chi connectivity index (χ3n) is 4.34. The van der Waals surface area contributed by atoms with E-state index < -0.39 is 0 Å². The van der Waals surface area contributed by atoms with Gasteiger partial charge in [0.15, 0.2) is 11.5 Å². The number of nitrogens with zero attached hydrogens (tertiary/aromatic N) is 1. The minimum Gasteiger partial charge on any atom is -0.486 e. The van der Waals surface area contributed by atoms with Crippen molar-refractivity contribution < 1.29 is 14.3 Å². The Morgan fingerprint density at radius 3 is 2.54 bits per heavy atom. The van der Waals surface area contributed by atoms with Crippen LogP contribution in [0.5, 0.6) is 11.5 Å². The fourth-order valence-electron chi connectivity index (χ4n) is 3.23. The van der Waals surface area contributed by atoms with Crippen LogP contribution in [0.4, 0.5) is 11.4 Å². The number of carbonyl (C=O) groups is 1. The lowest BCUT2D eigenvalue weighted by atomic mass is 10.0. The number of carbonyl (C=O) groups excluding carboxylic acids is 1. The number of ether oxygens (including phenoxy) is 2. The SMILES string of the molecule is CCCN1C(=O)C(c2ccccc2)Nc2cc3c(cc21)OCCO3. The molecule has 0 bridgehead atoms. The van der Waals surface area contributed by atoms with Gasteiger partial charge in [-0.25, -0.2) is 0 Å². The average Bonchev–Trinajstić information content (AvgIpc) is 2.63. The van der Waals surface area contributed by atoms with Gasteiger partial charge in [-0.3, -0.25) is 4.79 Å². The van der Waals surface area contributed by atoms with E-state index in [0.717, 1.165) is 29.1 Å². The molecule has 24 heavy (non-hydrogen) atoms. The van der Waals surface area contributed by atoms with Crippen molar-refractivity contribution >= 4 is 17.3 Å². The molecule has 0 saturated heterocycles. The Hall–Kier alpha value is -2.69. The van der Waals surface area contributed by atoms with Crippen LogP contribution in [0.25, 0.3) is 0 Å². The lowest BCUT2D eigenvalue weighted by Crippen LogP contribution is -2.42. The van der Waals surface area contributed by atoms with Crippen LogP contribution in [-0.2, 0) is 4.79 Å². The summed E-state index contributed by atoms with van der Waals surface area (Å²) in [5.41, 5.74) is 2.73. The predicted molar refractivity (Wildman–Crippen MR) is 92.9 cm³/mol. The smallest absolute Gasteiger partial charge is 0.254 e. The molecule has 124 valence electrons. The van der Waals surface area contributed by atoms with Crippen molar-refractivity contribution in [2.75, 3.05) is 30.0 Å². The number of hydrogen-bond acceptors (Lipinski definition) is 4. The van der Waals surface area contributed by atoms with Gasteiger partial charge >= 0.3 is 0 Å². The fraction of sp³-hybridized carbons (Fsp3) is 0.316. The zero-order chi connectivity index (χ0) is 16.5. The first-order valence-electron chi connectivity index (χ1n) is 8.34. The molecule has 1 amide bonds. The maximum atomic E-state index is 13.0. The Morgan fingerprint density at radius 2 is 1.83 bits per heavy atom. The van der Waals surface area contributed by atoms with Gasteiger partial charge in [0.1, 0.15) is 19.3 Å². The first-order valence-corrected chi connectivity index (χ1v) is 8.34. The fourth-order valence-corrected chi connectivity index (χ4v) is 3.23. The summed E-state index contributed by atoms with van der Waals surface area (Å²) in [6.45, 7) is 3.83. The molecule has 5 nitrogen and oxygen atoms in total. The summed E-state index contributed by atoms with van der Waals surface area (Å²) in [6.07, 6.45) is 0.890. The maximum absolute atomic E-state index is 13.0. The second-order valence-corrected chi connectivity index (χ2v) is 5.99. The molecule has 1 atom stereocenters. The second-order valence-electron chi connectivity index (χ2n) is 5.99. The maximum Gasteiger partial charge on any atom is 0.254 e. The number of fused-ring (bicyclic) bond motifs is 2. The minimum atomic E-state index is -0.382. The zero-order valence-electron chi connectivity index (χ0n) is 13.6. The van der Waals surface area contributed by atoms with Crippen molar-refractivity contribution in [2.45, 2.75) is 19.4 Å². The summed E-state index contributed by atoms with van der Waals surface area (Å²) in [5, 5.41) is 3.37. The first-order chi connectivity index (χ1) is 11.8.